The second-order valence-corrected chi connectivity index (χ2v) is 10.6. The quantitative estimate of drug-likeness (QED) is 0.578. The van der Waals surface area contributed by atoms with E-state index in [4.69, 9.17) is 16.6 Å². The van der Waals surface area contributed by atoms with Gasteiger partial charge in [0, 0.05) is 38.9 Å². The first-order valence-corrected chi connectivity index (χ1v) is 12.3. The van der Waals surface area contributed by atoms with E-state index in [9.17, 15) is 13.2 Å². The highest BCUT2D eigenvalue weighted by Crippen LogP contribution is 2.28. The molecule has 8 nitrogen and oxygen atoms in total. The topological polar surface area (TPSA) is 88.4 Å². The Morgan fingerprint density at radius 2 is 1.78 bits per heavy atom. The molecule has 0 bridgehead atoms. The van der Waals surface area contributed by atoms with E-state index in [0.29, 0.717) is 24.3 Å². The van der Waals surface area contributed by atoms with Gasteiger partial charge in [0.05, 0.1) is 21.7 Å². The van der Waals surface area contributed by atoms with Gasteiger partial charge in [-0.1, -0.05) is 37.6 Å². The smallest absolute Gasteiger partial charge is 0.254 e. The number of piperazine rings is 1. The van der Waals surface area contributed by atoms with Crippen molar-refractivity contribution < 1.29 is 13.2 Å². The highest BCUT2D eigenvalue weighted by atomic mass is 35.5. The van der Waals surface area contributed by atoms with E-state index in [0.717, 1.165) is 16.8 Å². The minimum Gasteiger partial charge on any atom is -0.336 e. The van der Waals surface area contributed by atoms with Crippen molar-refractivity contribution in [1.29, 1.82) is 0 Å². The van der Waals surface area contributed by atoms with Crippen LogP contribution in [0.1, 0.15) is 41.5 Å². The van der Waals surface area contributed by atoms with Gasteiger partial charge in [-0.05, 0) is 31.0 Å². The lowest BCUT2D eigenvalue weighted by Crippen LogP contribution is -2.50. The van der Waals surface area contributed by atoms with Crippen molar-refractivity contribution in [2.75, 3.05) is 26.2 Å². The maximum Gasteiger partial charge on any atom is 0.254 e. The van der Waals surface area contributed by atoms with Gasteiger partial charge in [-0.2, -0.15) is 9.40 Å². The molecule has 1 fully saturated rings. The molecule has 2 aromatic heterocycles. The number of pyridine rings is 1. The number of carbonyl (C=O) groups excluding carboxylic acids is 1. The third kappa shape index (κ3) is 3.89. The molecule has 10 heteroatoms. The van der Waals surface area contributed by atoms with Gasteiger partial charge in [0.1, 0.15) is 4.90 Å². The summed E-state index contributed by atoms with van der Waals surface area (Å²) in [6.07, 6.45) is 0. The Hall–Kier alpha value is -2.49. The molecule has 3 heterocycles. The molecule has 3 aromatic rings. The van der Waals surface area contributed by atoms with Crippen LogP contribution in [0.4, 0.5) is 0 Å². The van der Waals surface area contributed by atoms with Crippen LogP contribution in [-0.4, -0.2) is 64.5 Å². The summed E-state index contributed by atoms with van der Waals surface area (Å²) in [4.78, 5) is 20.0. The van der Waals surface area contributed by atoms with Crippen LogP contribution in [0, 0.1) is 6.92 Å². The first-order valence-electron chi connectivity index (χ1n) is 10.5. The number of fused-ring (bicyclic) bond motifs is 1. The maximum absolute atomic E-state index is 13.5. The SMILES string of the molecule is Cc1nn(C)c2nc(C(C)C)cc(C(=O)N3CCN(S(=O)(=O)c4ccccc4Cl)CC3)c12. The van der Waals surface area contributed by atoms with Crippen LogP contribution in [0.5, 0.6) is 0 Å². The number of halogens is 1. The summed E-state index contributed by atoms with van der Waals surface area (Å²) in [7, 11) is -1.90. The molecule has 0 aliphatic carbocycles. The molecule has 0 atom stereocenters. The summed E-state index contributed by atoms with van der Waals surface area (Å²) in [6.45, 7) is 6.93. The summed E-state index contributed by atoms with van der Waals surface area (Å²) >= 11 is 6.12. The average molecular weight is 476 g/mol. The van der Waals surface area contributed by atoms with Crippen molar-refractivity contribution in [1.82, 2.24) is 24.0 Å². The Kier molecular flexibility index (Phi) is 6.00. The lowest BCUT2D eigenvalue weighted by atomic mass is 10.0. The number of carbonyl (C=O) groups is 1. The van der Waals surface area contributed by atoms with E-state index >= 15 is 0 Å². The monoisotopic (exact) mass is 475 g/mol. The highest BCUT2D eigenvalue weighted by Gasteiger charge is 2.32. The van der Waals surface area contributed by atoms with Crippen molar-refractivity contribution in [2.45, 2.75) is 31.6 Å². The zero-order valence-corrected chi connectivity index (χ0v) is 20.1. The number of hydrogen-bond donors (Lipinski definition) is 0. The second-order valence-electron chi connectivity index (χ2n) is 8.28. The number of rotatable bonds is 4. The molecule has 1 saturated heterocycles. The molecule has 1 aromatic carbocycles. The van der Waals surface area contributed by atoms with E-state index in [2.05, 4.69) is 5.10 Å². The highest BCUT2D eigenvalue weighted by molar-refractivity contribution is 7.89. The van der Waals surface area contributed by atoms with Gasteiger partial charge in [0.25, 0.3) is 5.91 Å². The number of amides is 1. The Bertz CT molecular complexity index is 1290. The van der Waals surface area contributed by atoms with Crippen molar-refractivity contribution in [3.05, 3.63) is 52.3 Å². The molecule has 4 rings (SSSR count). The minimum absolute atomic E-state index is 0.0878. The summed E-state index contributed by atoms with van der Waals surface area (Å²) in [6, 6.07) is 8.25. The van der Waals surface area contributed by atoms with Crippen LogP contribution in [-0.2, 0) is 17.1 Å². The van der Waals surface area contributed by atoms with Crippen LogP contribution in [0.3, 0.4) is 0 Å². The van der Waals surface area contributed by atoms with E-state index in [-0.39, 0.29) is 34.8 Å². The van der Waals surface area contributed by atoms with Crippen LogP contribution >= 0.6 is 11.6 Å². The van der Waals surface area contributed by atoms with Crippen LogP contribution in [0.25, 0.3) is 11.0 Å². The van der Waals surface area contributed by atoms with E-state index in [1.807, 2.05) is 33.9 Å². The molecule has 1 amide bonds. The molecular weight excluding hydrogens is 450 g/mol. The average Bonchev–Trinajstić information content (AvgIpc) is 3.06. The van der Waals surface area contributed by atoms with Crippen LogP contribution < -0.4 is 0 Å². The number of aromatic nitrogens is 3. The first kappa shape index (κ1) is 22.7. The fraction of sp³-hybridized carbons (Fsp3) is 0.409. The third-order valence-corrected chi connectivity index (χ3v) is 8.19. The number of sulfonamides is 1. The molecule has 32 heavy (non-hydrogen) atoms. The third-order valence-electron chi connectivity index (χ3n) is 5.79. The molecular formula is C22H26ClN5O3S. The number of nitrogens with zero attached hydrogens (tertiary/aromatic N) is 5. The molecule has 0 radical (unpaired) electrons. The van der Waals surface area contributed by atoms with Gasteiger partial charge >= 0.3 is 0 Å². The van der Waals surface area contributed by atoms with Crippen LogP contribution in [0.15, 0.2) is 35.2 Å². The van der Waals surface area contributed by atoms with Crippen molar-refractivity contribution in [3.8, 4) is 0 Å². The van der Waals surface area contributed by atoms with Crippen molar-refractivity contribution >= 4 is 38.6 Å². The standard InChI is InChI=1S/C22H26ClN5O3S/c1-14(2)18-13-16(20-15(3)25-26(4)21(20)24-18)22(29)27-9-11-28(12-10-27)32(30,31)19-8-6-5-7-17(19)23/h5-8,13-14H,9-12H2,1-4H3. The van der Waals surface area contributed by atoms with E-state index in [1.54, 1.807) is 27.8 Å². The largest absolute Gasteiger partial charge is 0.336 e. The second kappa shape index (κ2) is 8.46. The molecule has 0 N–H and O–H groups in total. The van der Waals surface area contributed by atoms with E-state index < -0.39 is 10.0 Å². The van der Waals surface area contributed by atoms with E-state index in [1.165, 1.54) is 10.4 Å². The van der Waals surface area contributed by atoms with Crippen LogP contribution in [0.2, 0.25) is 5.02 Å². The normalized spacial score (nSPS) is 15.6. The fourth-order valence-corrected chi connectivity index (χ4v) is 5.94. The lowest BCUT2D eigenvalue weighted by molar-refractivity contribution is 0.0699. The van der Waals surface area contributed by atoms with Gasteiger partial charge in [-0.15, -0.1) is 0 Å². The zero-order valence-electron chi connectivity index (χ0n) is 18.5. The molecule has 0 unspecified atom stereocenters. The van der Waals surface area contributed by atoms with Gasteiger partial charge < -0.3 is 4.90 Å². The summed E-state index contributed by atoms with van der Waals surface area (Å²) in [5, 5.41) is 5.38. The molecule has 170 valence electrons. The maximum atomic E-state index is 13.5. The predicted octanol–water partition coefficient (Wildman–Crippen LogP) is 3.20. The minimum atomic E-state index is -3.72. The molecule has 1 aliphatic rings. The Morgan fingerprint density at radius 1 is 1.12 bits per heavy atom. The number of aryl methyl sites for hydroxylation is 2. The van der Waals surface area contributed by atoms with Crippen molar-refractivity contribution in [2.24, 2.45) is 7.05 Å². The molecule has 1 aliphatic heterocycles. The lowest BCUT2D eigenvalue weighted by Gasteiger charge is -2.34. The van der Waals surface area contributed by atoms with Gasteiger partial charge in [-0.3, -0.25) is 9.48 Å². The zero-order chi connectivity index (χ0) is 23.2. The summed E-state index contributed by atoms with van der Waals surface area (Å²) in [5.74, 6) is 0.0176. The van der Waals surface area contributed by atoms with Gasteiger partial charge in [0.2, 0.25) is 10.0 Å². The Morgan fingerprint density at radius 3 is 2.41 bits per heavy atom. The molecule has 0 spiro atoms. The fourth-order valence-electron chi connectivity index (χ4n) is 4.02. The Balaban J connectivity index is 1.61. The molecule has 0 saturated carbocycles. The first-order chi connectivity index (χ1) is 15.1. The number of benzene rings is 1. The van der Waals surface area contributed by atoms with Gasteiger partial charge in [0.15, 0.2) is 5.65 Å². The van der Waals surface area contributed by atoms with Gasteiger partial charge in [-0.25, -0.2) is 13.4 Å². The summed E-state index contributed by atoms with van der Waals surface area (Å²) in [5.41, 5.74) is 2.81. The Labute approximate surface area is 192 Å². The number of hydrogen-bond acceptors (Lipinski definition) is 5. The summed E-state index contributed by atoms with van der Waals surface area (Å²) < 4.78 is 29.1. The van der Waals surface area contributed by atoms with Crippen molar-refractivity contribution in [3.63, 3.8) is 0 Å². The predicted molar refractivity (Wildman–Crippen MR) is 123 cm³/mol.